The fraction of sp³-hybridized carbons (Fsp3) is 0.538. The summed E-state index contributed by atoms with van der Waals surface area (Å²) in [5, 5.41) is 2.54. The van der Waals surface area contributed by atoms with Crippen LogP contribution in [0.1, 0.15) is 55.4 Å². The Hall–Kier alpha value is -1.59. The van der Waals surface area contributed by atoms with E-state index in [0.29, 0.717) is 5.56 Å². The van der Waals surface area contributed by atoms with Gasteiger partial charge in [-0.25, -0.2) is 4.98 Å². The number of hydrogen-bond acceptors (Lipinski definition) is 2. The molecule has 0 bridgehead atoms. The van der Waals surface area contributed by atoms with Crippen LogP contribution in [0.5, 0.6) is 0 Å². The number of alkyl halides is 3. The molecule has 1 N–H and O–H groups in total. The van der Waals surface area contributed by atoms with E-state index in [1.807, 2.05) is 0 Å². The summed E-state index contributed by atoms with van der Waals surface area (Å²) in [5.41, 5.74) is -0.795. The number of amides is 1. The average Bonchev–Trinajstić information content (AvgIpc) is 2.26. The minimum atomic E-state index is -4.56. The van der Waals surface area contributed by atoms with Gasteiger partial charge in [0.05, 0.1) is 0 Å². The standard InChI is InChI=1S/C13H17F3N2O/c1-7(2)9-5-10(12(19)17-8(3)4)18-11(6-9)13(14,15)16/h5-8H,1-4H3,(H,17,19). The summed E-state index contributed by atoms with van der Waals surface area (Å²) in [4.78, 5) is 15.2. The van der Waals surface area contributed by atoms with Gasteiger partial charge < -0.3 is 5.32 Å². The molecule has 0 aromatic carbocycles. The molecular formula is C13H17F3N2O. The van der Waals surface area contributed by atoms with Crippen molar-refractivity contribution in [1.29, 1.82) is 0 Å². The van der Waals surface area contributed by atoms with Crippen LogP contribution in [0.3, 0.4) is 0 Å². The van der Waals surface area contributed by atoms with Crippen molar-refractivity contribution in [3.8, 4) is 0 Å². The second-order valence-corrected chi connectivity index (χ2v) is 4.95. The topological polar surface area (TPSA) is 42.0 Å². The fourth-order valence-corrected chi connectivity index (χ4v) is 1.48. The van der Waals surface area contributed by atoms with Crippen molar-refractivity contribution in [3.63, 3.8) is 0 Å². The number of pyridine rings is 1. The number of rotatable bonds is 3. The third-order valence-electron chi connectivity index (χ3n) is 2.46. The van der Waals surface area contributed by atoms with Crippen LogP contribution < -0.4 is 5.32 Å². The number of aromatic nitrogens is 1. The van der Waals surface area contributed by atoms with E-state index in [-0.39, 0.29) is 17.7 Å². The van der Waals surface area contributed by atoms with E-state index in [9.17, 15) is 18.0 Å². The molecule has 0 unspecified atom stereocenters. The van der Waals surface area contributed by atoms with Gasteiger partial charge in [-0.05, 0) is 37.5 Å². The zero-order valence-electron chi connectivity index (χ0n) is 11.3. The molecule has 0 saturated carbocycles. The lowest BCUT2D eigenvalue weighted by molar-refractivity contribution is -0.141. The van der Waals surface area contributed by atoms with Crippen LogP contribution >= 0.6 is 0 Å². The molecule has 0 radical (unpaired) electrons. The first-order chi connectivity index (χ1) is 8.61. The Morgan fingerprint density at radius 1 is 1.21 bits per heavy atom. The number of carbonyl (C=O) groups is 1. The summed E-state index contributed by atoms with van der Waals surface area (Å²) in [6.07, 6.45) is -4.56. The van der Waals surface area contributed by atoms with E-state index in [0.717, 1.165) is 6.07 Å². The molecule has 0 spiro atoms. The maximum absolute atomic E-state index is 12.7. The first-order valence-corrected chi connectivity index (χ1v) is 6.01. The zero-order valence-corrected chi connectivity index (χ0v) is 11.3. The molecule has 1 aromatic rings. The van der Waals surface area contributed by atoms with Gasteiger partial charge in [0, 0.05) is 6.04 Å². The lowest BCUT2D eigenvalue weighted by Gasteiger charge is -2.14. The third-order valence-corrected chi connectivity index (χ3v) is 2.46. The van der Waals surface area contributed by atoms with Gasteiger partial charge in [0.25, 0.3) is 5.91 Å². The molecule has 1 amide bonds. The molecule has 1 aromatic heterocycles. The van der Waals surface area contributed by atoms with Crippen LogP contribution in [0.15, 0.2) is 12.1 Å². The highest BCUT2D eigenvalue weighted by Gasteiger charge is 2.34. The number of nitrogens with zero attached hydrogens (tertiary/aromatic N) is 1. The summed E-state index contributed by atoms with van der Waals surface area (Å²) in [7, 11) is 0. The predicted octanol–water partition coefficient (Wildman–Crippen LogP) is 3.36. The number of halogens is 3. The van der Waals surface area contributed by atoms with Crippen LogP contribution in [0, 0.1) is 0 Å². The summed E-state index contributed by atoms with van der Waals surface area (Å²) in [6.45, 7) is 6.99. The maximum Gasteiger partial charge on any atom is 0.433 e. The molecule has 0 atom stereocenters. The Bertz CT molecular complexity index is 467. The minimum absolute atomic E-state index is 0.116. The molecule has 0 aliphatic heterocycles. The Balaban J connectivity index is 3.25. The highest BCUT2D eigenvalue weighted by atomic mass is 19.4. The first kappa shape index (κ1) is 15.5. The minimum Gasteiger partial charge on any atom is -0.349 e. The van der Waals surface area contributed by atoms with E-state index in [1.54, 1.807) is 27.7 Å². The normalized spacial score (nSPS) is 12.1. The highest BCUT2D eigenvalue weighted by molar-refractivity contribution is 5.92. The van der Waals surface area contributed by atoms with Crippen molar-refractivity contribution in [1.82, 2.24) is 10.3 Å². The van der Waals surface area contributed by atoms with Gasteiger partial charge in [-0.15, -0.1) is 0 Å². The van der Waals surface area contributed by atoms with Crippen LogP contribution in [-0.4, -0.2) is 16.9 Å². The van der Waals surface area contributed by atoms with E-state index in [1.165, 1.54) is 6.07 Å². The van der Waals surface area contributed by atoms with Crippen LogP contribution in [-0.2, 0) is 6.18 Å². The lowest BCUT2D eigenvalue weighted by Crippen LogP contribution is -2.31. The average molecular weight is 274 g/mol. The Labute approximate surface area is 110 Å². The molecular weight excluding hydrogens is 257 g/mol. The van der Waals surface area contributed by atoms with Gasteiger partial charge in [-0.2, -0.15) is 13.2 Å². The van der Waals surface area contributed by atoms with E-state index in [4.69, 9.17) is 0 Å². The predicted molar refractivity (Wildman–Crippen MR) is 65.9 cm³/mol. The van der Waals surface area contributed by atoms with Gasteiger partial charge >= 0.3 is 6.18 Å². The number of hydrogen-bond donors (Lipinski definition) is 1. The molecule has 106 valence electrons. The van der Waals surface area contributed by atoms with Crippen molar-refractivity contribution in [2.45, 2.75) is 45.8 Å². The smallest absolute Gasteiger partial charge is 0.349 e. The Morgan fingerprint density at radius 2 is 1.79 bits per heavy atom. The van der Waals surface area contributed by atoms with Crippen LogP contribution in [0.4, 0.5) is 13.2 Å². The van der Waals surface area contributed by atoms with Gasteiger partial charge in [0.2, 0.25) is 0 Å². The van der Waals surface area contributed by atoms with Crippen molar-refractivity contribution < 1.29 is 18.0 Å². The molecule has 0 aliphatic carbocycles. The quantitative estimate of drug-likeness (QED) is 0.918. The fourth-order valence-electron chi connectivity index (χ4n) is 1.48. The highest BCUT2D eigenvalue weighted by Crippen LogP contribution is 2.30. The number of nitrogens with one attached hydrogen (secondary N) is 1. The molecule has 19 heavy (non-hydrogen) atoms. The molecule has 1 heterocycles. The molecule has 6 heteroatoms. The Kier molecular flexibility index (Phi) is 4.55. The molecule has 1 rings (SSSR count). The van der Waals surface area contributed by atoms with Crippen molar-refractivity contribution in [2.24, 2.45) is 0 Å². The number of carbonyl (C=O) groups excluding carboxylic acids is 1. The summed E-state index contributed by atoms with van der Waals surface area (Å²) < 4.78 is 38.2. The van der Waals surface area contributed by atoms with Crippen LogP contribution in [0.25, 0.3) is 0 Å². The zero-order chi connectivity index (χ0) is 14.8. The van der Waals surface area contributed by atoms with Gasteiger partial charge in [0.1, 0.15) is 11.4 Å². The van der Waals surface area contributed by atoms with Crippen molar-refractivity contribution >= 4 is 5.91 Å². The molecule has 3 nitrogen and oxygen atoms in total. The van der Waals surface area contributed by atoms with Gasteiger partial charge in [-0.1, -0.05) is 13.8 Å². The Morgan fingerprint density at radius 3 is 2.21 bits per heavy atom. The summed E-state index contributed by atoms with van der Waals surface area (Å²) in [6, 6.07) is 2.22. The van der Waals surface area contributed by atoms with Gasteiger partial charge in [-0.3, -0.25) is 4.79 Å². The first-order valence-electron chi connectivity index (χ1n) is 6.01. The monoisotopic (exact) mass is 274 g/mol. The van der Waals surface area contributed by atoms with Gasteiger partial charge in [0.15, 0.2) is 0 Å². The molecule has 0 fully saturated rings. The van der Waals surface area contributed by atoms with E-state index >= 15 is 0 Å². The van der Waals surface area contributed by atoms with E-state index in [2.05, 4.69) is 10.3 Å². The second kappa shape index (κ2) is 5.59. The summed E-state index contributed by atoms with van der Waals surface area (Å²) >= 11 is 0. The maximum atomic E-state index is 12.7. The summed E-state index contributed by atoms with van der Waals surface area (Å²) in [5.74, 6) is -0.710. The molecule has 0 saturated heterocycles. The van der Waals surface area contributed by atoms with E-state index < -0.39 is 17.8 Å². The van der Waals surface area contributed by atoms with Crippen molar-refractivity contribution in [3.05, 3.63) is 29.1 Å². The molecule has 0 aliphatic rings. The lowest BCUT2D eigenvalue weighted by atomic mass is 10.0. The third kappa shape index (κ3) is 4.22. The second-order valence-electron chi connectivity index (χ2n) is 4.95. The van der Waals surface area contributed by atoms with Crippen molar-refractivity contribution in [2.75, 3.05) is 0 Å². The van der Waals surface area contributed by atoms with Crippen LogP contribution in [0.2, 0.25) is 0 Å². The largest absolute Gasteiger partial charge is 0.433 e. The SMILES string of the molecule is CC(C)NC(=O)c1cc(C(C)C)cc(C(F)(F)F)n1.